The van der Waals surface area contributed by atoms with Gasteiger partial charge in [0.2, 0.25) is 5.91 Å². The van der Waals surface area contributed by atoms with Crippen LogP contribution in [0.25, 0.3) is 0 Å². The van der Waals surface area contributed by atoms with Gasteiger partial charge in [0.15, 0.2) is 0 Å². The van der Waals surface area contributed by atoms with Crippen LogP contribution in [0.1, 0.15) is 30.4 Å². The molecular weight excluding hydrogens is 320 g/mol. The van der Waals surface area contributed by atoms with Crippen LogP contribution >= 0.6 is 0 Å². The van der Waals surface area contributed by atoms with Gasteiger partial charge in [-0.05, 0) is 35.8 Å². The fraction of sp³-hybridized carbons (Fsp3) is 0.435. The van der Waals surface area contributed by atoms with E-state index in [-0.39, 0.29) is 0 Å². The Morgan fingerprint density at radius 2 is 1.42 bits per heavy atom. The van der Waals surface area contributed by atoms with Crippen molar-refractivity contribution in [2.75, 3.05) is 26.2 Å². The highest BCUT2D eigenvalue weighted by atomic mass is 16.2. The van der Waals surface area contributed by atoms with E-state index in [0.29, 0.717) is 17.7 Å². The summed E-state index contributed by atoms with van der Waals surface area (Å²) >= 11 is 0. The molecule has 0 bridgehead atoms. The lowest BCUT2D eigenvalue weighted by Crippen LogP contribution is -2.60. The van der Waals surface area contributed by atoms with Crippen LogP contribution in [0.15, 0.2) is 60.7 Å². The molecule has 0 saturated carbocycles. The highest BCUT2D eigenvalue weighted by Crippen LogP contribution is 2.41. The molecule has 26 heavy (non-hydrogen) atoms. The molecule has 1 spiro atoms. The first kappa shape index (κ1) is 17.3. The van der Waals surface area contributed by atoms with E-state index in [2.05, 4.69) is 52.3 Å². The Hall–Kier alpha value is -2.13. The zero-order chi connectivity index (χ0) is 17.8. The summed E-state index contributed by atoms with van der Waals surface area (Å²) in [4.78, 5) is 17.1. The molecule has 4 rings (SSSR count). The number of carbonyl (C=O) groups excluding carboxylic acids is 1. The van der Waals surface area contributed by atoms with Gasteiger partial charge in [0.25, 0.3) is 0 Å². The molecule has 0 aliphatic carbocycles. The second kappa shape index (κ2) is 7.63. The number of piperidine rings is 1. The topological polar surface area (TPSA) is 23.6 Å². The molecule has 3 heteroatoms. The minimum Gasteiger partial charge on any atom is -0.343 e. The quantitative estimate of drug-likeness (QED) is 0.822. The highest BCUT2D eigenvalue weighted by Gasteiger charge is 2.44. The molecule has 0 unspecified atom stereocenters. The first-order valence-corrected chi connectivity index (χ1v) is 9.81. The number of hydrogen-bond acceptors (Lipinski definition) is 2. The molecule has 2 aliphatic heterocycles. The van der Waals surface area contributed by atoms with Gasteiger partial charge in [0.05, 0.1) is 0 Å². The molecule has 0 N–H and O–H groups in total. The van der Waals surface area contributed by atoms with Crippen molar-refractivity contribution in [2.24, 2.45) is 5.41 Å². The van der Waals surface area contributed by atoms with Crippen molar-refractivity contribution < 1.29 is 4.79 Å². The molecule has 2 aliphatic rings. The zero-order valence-corrected chi connectivity index (χ0v) is 15.4. The van der Waals surface area contributed by atoms with Gasteiger partial charge >= 0.3 is 0 Å². The average Bonchev–Trinajstić information content (AvgIpc) is 2.67. The van der Waals surface area contributed by atoms with E-state index in [0.717, 1.165) is 38.9 Å². The van der Waals surface area contributed by atoms with Crippen molar-refractivity contribution in [2.45, 2.75) is 32.2 Å². The first-order valence-electron chi connectivity index (χ1n) is 9.81. The summed E-state index contributed by atoms with van der Waals surface area (Å²) in [6.45, 7) is 5.31. The van der Waals surface area contributed by atoms with Crippen molar-refractivity contribution >= 4 is 5.91 Å². The molecule has 2 aromatic carbocycles. The second-order valence-electron chi connectivity index (χ2n) is 8.00. The Labute approximate surface area is 156 Å². The summed E-state index contributed by atoms with van der Waals surface area (Å²) in [5.74, 6) is 0.323. The molecule has 0 radical (unpaired) electrons. The van der Waals surface area contributed by atoms with E-state index in [1.165, 1.54) is 24.2 Å². The number of carbonyl (C=O) groups is 1. The first-order chi connectivity index (χ1) is 12.7. The summed E-state index contributed by atoms with van der Waals surface area (Å²) in [5.41, 5.74) is 3.12. The maximum absolute atomic E-state index is 12.5. The number of amides is 1. The predicted molar refractivity (Wildman–Crippen MR) is 105 cm³/mol. The minimum absolute atomic E-state index is 0.323. The lowest BCUT2D eigenvalue weighted by atomic mass is 9.72. The Kier molecular flexibility index (Phi) is 5.07. The van der Waals surface area contributed by atoms with Crippen LogP contribution in [-0.4, -0.2) is 41.9 Å². The zero-order valence-electron chi connectivity index (χ0n) is 15.4. The maximum Gasteiger partial charge on any atom is 0.222 e. The van der Waals surface area contributed by atoms with Crippen molar-refractivity contribution in [1.82, 2.24) is 9.80 Å². The van der Waals surface area contributed by atoms with Gasteiger partial charge in [-0.3, -0.25) is 9.69 Å². The molecule has 136 valence electrons. The van der Waals surface area contributed by atoms with Gasteiger partial charge in [-0.25, -0.2) is 0 Å². The molecule has 0 aromatic heterocycles. The summed E-state index contributed by atoms with van der Waals surface area (Å²) in [5, 5.41) is 0. The van der Waals surface area contributed by atoms with Crippen molar-refractivity contribution in [3.8, 4) is 0 Å². The van der Waals surface area contributed by atoms with E-state index < -0.39 is 0 Å². The Balaban J connectivity index is 1.20. The summed E-state index contributed by atoms with van der Waals surface area (Å²) in [7, 11) is 0. The Morgan fingerprint density at radius 3 is 2.04 bits per heavy atom. The predicted octanol–water partition coefficient (Wildman–Crippen LogP) is 3.74. The third kappa shape index (κ3) is 3.99. The van der Waals surface area contributed by atoms with Gasteiger partial charge in [0.1, 0.15) is 0 Å². The number of aryl methyl sites for hydroxylation is 1. The van der Waals surface area contributed by atoms with Crippen LogP contribution in [0.3, 0.4) is 0 Å². The minimum atomic E-state index is 0.323. The summed E-state index contributed by atoms with van der Waals surface area (Å²) < 4.78 is 0. The molecule has 1 amide bonds. The van der Waals surface area contributed by atoms with Crippen molar-refractivity contribution in [3.05, 3.63) is 71.8 Å². The largest absolute Gasteiger partial charge is 0.343 e. The van der Waals surface area contributed by atoms with Crippen molar-refractivity contribution in [1.29, 1.82) is 0 Å². The fourth-order valence-electron chi connectivity index (χ4n) is 4.46. The smallest absolute Gasteiger partial charge is 0.222 e. The normalized spacial score (nSPS) is 19.3. The highest BCUT2D eigenvalue weighted by molar-refractivity contribution is 5.76. The van der Waals surface area contributed by atoms with E-state index in [1.54, 1.807) is 0 Å². The van der Waals surface area contributed by atoms with E-state index >= 15 is 0 Å². The van der Waals surface area contributed by atoms with Gasteiger partial charge in [-0.15, -0.1) is 0 Å². The van der Waals surface area contributed by atoms with Crippen LogP contribution in [0.5, 0.6) is 0 Å². The standard InChI is InChI=1S/C23H28N2O/c26-22(12-11-20-7-3-1-4-8-20)25-15-13-23(14-16-25)18-24(19-23)17-21-9-5-2-6-10-21/h1-10H,11-19H2. The Bertz CT molecular complexity index is 712. The lowest BCUT2D eigenvalue weighted by molar-refractivity contribution is -0.136. The van der Waals surface area contributed by atoms with Crippen LogP contribution in [0.2, 0.25) is 0 Å². The van der Waals surface area contributed by atoms with Crippen LogP contribution < -0.4 is 0 Å². The number of likely N-dealkylation sites (tertiary alicyclic amines) is 2. The van der Waals surface area contributed by atoms with Gasteiger partial charge < -0.3 is 4.90 Å². The molecule has 2 heterocycles. The summed E-state index contributed by atoms with van der Waals surface area (Å²) in [6, 6.07) is 21.0. The van der Waals surface area contributed by atoms with E-state index in [1.807, 2.05) is 18.2 Å². The fourth-order valence-corrected chi connectivity index (χ4v) is 4.46. The SMILES string of the molecule is O=C(CCc1ccccc1)N1CCC2(CC1)CN(Cc1ccccc1)C2. The number of nitrogens with zero attached hydrogens (tertiary/aromatic N) is 2. The van der Waals surface area contributed by atoms with E-state index in [4.69, 9.17) is 0 Å². The van der Waals surface area contributed by atoms with Crippen LogP contribution in [0, 0.1) is 5.41 Å². The van der Waals surface area contributed by atoms with Gasteiger partial charge in [0, 0.05) is 39.1 Å². The maximum atomic E-state index is 12.5. The molecule has 3 nitrogen and oxygen atoms in total. The molecule has 2 aromatic rings. The Morgan fingerprint density at radius 1 is 0.846 bits per heavy atom. The van der Waals surface area contributed by atoms with E-state index in [9.17, 15) is 4.79 Å². The molecule has 0 atom stereocenters. The average molecular weight is 348 g/mol. The third-order valence-electron chi connectivity index (χ3n) is 6.01. The van der Waals surface area contributed by atoms with Gasteiger partial charge in [-0.1, -0.05) is 60.7 Å². The number of rotatable bonds is 5. The lowest BCUT2D eigenvalue weighted by Gasteiger charge is -2.54. The number of benzene rings is 2. The molecule has 2 saturated heterocycles. The third-order valence-corrected chi connectivity index (χ3v) is 6.01. The van der Waals surface area contributed by atoms with Crippen molar-refractivity contribution in [3.63, 3.8) is 0 Å². The van der Waals surface area contributed by atoms with Gasteiger partial charge in [-0.2, -0.15) is 0 Å². The summed E-state index contributed by atoms with van der Waals surface area (Å²) in [6.07, 6.45) is 3.81. The second-order valence-corrected chi connectivity index (χ2v) is 8.00. The molecular formula is C23H28N2O. The van der Waals surface area contributed by atoms with Crippen LogP contribution in [0.4, 0.5) is 0 Å². The number of hydrogen-bond donors (Lipinski definition) is 0. The molecule has 2 fully saturated rings. The monoisotopic (exact) mass is 348 g/mol. The van der Waals surface area contributed by atoms with Crippen LogP contribution in [-0.2, 0) is 17.8 Å².